The van der Waals surface area contributed by atoms with Gasteiger partial charge in [0.1, 0.15) is 6.04 Å². The molecule has 3 rings (SSSR count). The van der Waals surface area contributed by atoms with Gasteiger partial charge in [-0.1, -0.05) is 23.7 Å². The number of nitrogens with one attached hydrogen (secondary N) is 1. The summed E-state index contributed by atoms with van der Waals surface area (Å²) in [4.78, 5) is 30.5. The van der Waals surface area contributed by atoms with E-state index in [1.54, 1.807) is 47.5 Å². The van der Waals surface area contributed by atoms with Crippen molar-refractivity contribution < 1.29 is 9.59 Å². The number of carbonyl (C=O) groups is 2. The van der Waals surface area contributed by atoms with E-state index in [2.05, 4.69) is 10.3 Å². The summed E-state index contributed by atoms with van der Waals surface area (Å²) in [5.74, 6) is -0.418. The van der Waals surface area contributed by atoms with E-state index in [-0.39, 0.29) is 11.8 Å². The number of amides is 2. The Bertz CT molecular complexity index is 706. The topological polar surface area (TPSA) is 62.3 Å². The molecule has 2 heterocycles. The minimum atomic E-state index is -0.680. The molecule has 1 atom stereocenters. The minimum absolute atomic E-state index is 0.203. The van der Waals surface area contributed by atoms with Crippen molar-refractivity contribution in [3.63, 3.8) is 0 Å². The highest BCUT2D eigenvalue weighted by atomic mass is 35.5. The molecule has 0 aliphatic carbocycles. The minimum Gasteiger partial charge on any atom is -0.352 e. The molecule has 5 nitrogen and oxygen atoms in total. The molecule has 22 heavy (non-hydrogen) atoms. The average Bonchev–Trinajstić information content (AvgIpc) is 2.54. The van der Waals surface area contributed by atoms with Crippen LogP contribution in [0.2, 0.25) is 5.02 Å². The fourth-order valence-electron chi connectivity index (χ4n) is 2.55. The lowest BCUT2D eigenvalue weighted by molar-refractivity contribution is -0.128. The van der Waals surface area contributed by atoms with Gasteiger partial charge >= 0.3 is 0 Å². The van der Waals surface area contributed by atoms with Gasteiger partial charge in [-0.25, -0.2) is 0 Å². The molecule has 0 radical (unpaired) electrons. The summed E-state index contributed by atoms with van der Waals surface area (Å²) >= 11 is 6.01. The molecule has 1 aliphatic heterocycles. The number of hydrogen-bond donors (Lipinski definition) is 1. The zero-order valence-corrected chi connectivity index (χ0v) is 12.5. The number of piperazine rings is 1. The van der Waals surface area contributed by atoms with Gasteiger partial charge in [-0.15, -0.1) is 0 Å². The van der Waals surface area contributed by atoms with E-state index in [1.807, 2.05) is 0 Å². The maximum atomic E-state index is 12.7. The first-order valence-electron chi connectivity index (χ1n) is 6.91. The van der Waals surface area contributed by atoms with Gasteiger partial charge in [0.25, 0.3) is 5.91 Å². The van der Waals surface area contributed by atoms with E-state index >= 15 is 0 Å². The SMILES string of the molecule is O=C1NCCN(C(=O)c2cccnc2)C1c1cccc(Cl)c1. The van der Waals surface area contributed by atoms with Crippen LogP contribution in [-0.4, -0.2) is 34.8 Å². The second-order valence-electron chi connectivity index (χ2n) is 4.99. The summed E-state index contributed by atoms with van der Waals surface area (Å²) in [5, 5.41) is 3.33. The summed E-state index contributed by atoms with van der Waals surface area (Å²) < 4.78 is 0. The maximum absolute atomic E-state index is 12.7. The Balaban J connectivity index is 1.97. The molecule has 1 aromatic heterocycles. The van der Waals surface area contributed by atoms with E-state index in [9.17, 15) is 9.59 Å². The Labute approximate surface area is 132 Å². The smallest absolute Gasteiger partial charge is 0.256 e. The molecule has 1 aliphatic rings. The molecule has 0 bridgehead atoms. The highest BCUT2D eigenvalue weighted by molar-refractivity contribution is 6.30. The van der Waals surface area contributed by atoms with Crippen LogP contribution in [0, 0.1) is 0 Å². The zero-order chi connectivity index (χ0) is 15.5. The number of hydrogen-bond acceptors (Lipinski definition) is 3. The van der Waals surface area contributed by atoms with Crippen LogP contribution in [0.15, 0.2) is 48.8 Å². The molecule has 2 amide bonds. The molecule has 1 unspecified atom stereocenters. The normalized spacial score (nSPS) is 18.0. The van der Waals surface area contributed by atoms with Crippen LogP contribution in [0.5, 0.6) is 0 Å². The Morgan fingerprint density at radius 3 is 2.91 bits per heavy atom. The molecule has 1 N–H and O–H groups in total. The van der Waals surface area contributed by atoms with Crippen molar-refractivity contribution in [3.8, 4) is 0 Å². The van der Waals surface area contributed by atoms with Crippen molar-refractivity contribution in [3.05, 3.63) is 64.9 Å². The van der Waals surface area contributed by atoms with Crippen molar-refractivity contribution >= 4 is 23.4 Å². The van der Waals surface area contributed by atoms with Gasteiger partial charge < -0.3 is 10.2 Å². The van der Waals surface area contributed by atoms with Crippen LogP contribution in [0.1, 0.15) is 22.0 Å². The summed E-state index contributed by atoms with van der Waals surface area (Å²) in [7, 11) is 0. The number of benzene rings is 1. The number of nitrogens with zero attached hydrogens (tertiary/aromatic N) is 2. The fourth-order valence-corrected chi connectivity index (χ4v) is 2.75. The Hall–Kier alpha value is -2.40. The summed E-state index contributed by atoms with van der Waals surface area (Å²) in [6.07, 6.45) is 3.11. The Morgan fingerprint density at radius 2 is 2.18 bits per heavy atom. The van der Waals surface area contributed by atoms with E-state index in [4.69, 9.17) is 11.6 Å². The molecule has 1 saturated heterocycles. The second kappa shape index (κ2) is 6.15. The fraction of sp³-hybridized carbons (Fsp3) is 0.188. The van der Waals surface area contributed by atoms with Crippen LogP contribution in [0.4, 0.5) is 0 Å². The van der Waals surface area contributed by atoms with Crippen LogP contribution in [-0.2, 0) is 4.79 Å². The van der Waals surface area contributed by atoms with Crippen molar-refractivity contribution in [2.75, 3.05) is 13.1 Å². The highest BCUT2D eigenvalue weighted by Gasteiger charge is 2.34. The van der Waals surface area contributed by atoms with E-state index in [1.165, 1.54) is 6.20 Å². The second-order valence-corrected chi connectivity index (χ2v) is 5.43. The van der Waals surface area contributed by atoms with Gasteiger partial charge in [-0.2, -0.15) is 0 Å². The van der Waals surface area contributed by atoms with Crippen LogP contribution >= 0.6 is 11.6 Å². The standard InChI is InChI=1S/C16H14ClN3O2/c17-13-5-1-3-11(9-13)14-15(21)19-7-8-20(14)16(22)12-4-2-6-18-10-12/h1-6,9-10,14H,7-8H2,(H,19,21). The molecular weight excluding hydrogens is 302 g/mol. The van der Waals surface area contributed by atoms with Crippen molar-refractivity contribution in [1.82, 2.24) is 15.2 Å². The number of aromatic nitrogens is 1. The predicted octanol–water partition coefficient (Wildman–Crippen LogP) is 2.05. The lowest BCUT2D eigenvalue weighted by atomic mass is 10.0. The van der Waals surface area contributed by atoms with Gasteiger partial charge in [0, 0.05) is 30.5 Å². The Kier molecular flexibility index (Phi) is 4.06. The lowest BCUT2D eigenvalue weighted by Crippen LogP contribution is -2.52. The van der Waals surface area contributed by atoms with Crippen molar-refractivity contribution in [2.24, 2.45) is 0 Å². The quantitative estimate of drug-likeness (QED) is 0.922. The van der Waals surface area contributed by atoms with Crippen LogP contribution < -0.4 is 5.32 Å². The Morgan fingerprint density at radius 1 is 1.32 bits per heavy atom. The molecule has 1 aromatic carbocycles. The van der Waals surface area contributed by atoms with Crippen LogP contribution in [0.25, 0.3) is 0 Å². The monoisotopic (exact) mass is 315 g/mol. The summed E-state index contributed by atoms with van der Waals surface area (Å²) in [6, 6.07) is 9.72. The molecule has 0 saturated carbocycles. The highest BCUT2D eigenvalue weighted by Crippen LogP contribution is 2.26. The molecular formula is C16H14ClN3O2. The predicted molar refractivity (Wildman–Crippen MR) is 82.5 cm³/mol. The van der Waals surface area contributed by atoms with Gasteiger partial charge in [-0.3, -0.25) is 14.6 Å². The lowest BCUT2D eigenvalue weighted by Gasteiger charge is -2.35. The number of carbonyl (C=O) groups excluding carboxylic acids is 2. The van der Waals surface area contributed by atoms with E-state index < -0.39 is 6.04 Å². The third-order valence-corrected chi connectivity index (χ3v) is 3.78. The van der Waals surface area contributed by atoms with Gasteiger partial charge in [0.15, 0.2) is 0 Å². The number of rotatable bonds is 2. The van der Waals surface area contributed by atoms with Gasteiger partial charge in [-0.05, 0) is 29.8 Å². The third kappa shape index (κ3) is 2.80. The van der Waals surface area contributed by atoms with E-state index in [0.29, 0.717) is 29.2 Å². The van der Waals surface area contributed by atoms with Gasteiger partial charge in [0.2, 0.25) is 5.91 Å². The maximum Gasteiger partial charge on any atom is 0.256 e. The van der Waals surface area contributed by atoms with Crippen molar-refractivity contribution in [2.45, 2.75) is 6.04 Å². The summed E-state index contributed by atoms with van der Waals surface area (Å²) in [6.45, 7) is 0.874. The largest absolute Gasteiger partial charge is 0.352 e. The molecule has 0 spiro atoms. The first kappa shape index (κ1) is 14.5. The number of halogens is 1. The molecule has 112 valence electrons. The molecule has 1 fully saturated rings. The molecule has 2 aromatic rings. The molecule has 6 heteroatoms. The first-order valence-corrected chi connectivity index (χ1v) is 7.29. The van der Waals surface area contributed by atoms with Crippen LogP contribution in [0.3, 0.4) is 0 Å². The van der Waals surface area contributed by atoms with Gasteiger partial charge in [0.05, 0.1) is 5.56 Å². The van der Waals surface area contributed by atoms with Crippen molar-refractivity contribution in [1.29, 1.82) is 0 Å². The summed E-state index contributed by atoms with van der Waals surface area (Å²) in [5.41, 5.74) is 1.16. The van der Waals surface area contributed by atoms with E-state index in [0.717, 1.165) is 0 Å². The third-order valence-electron chi connectivity index (χ3n) is 3.55. The first-order chi connectivity index (χ1) is 10.7. The average molecular weight is 316 g/mol. The zero-order valence-electron chi connectivity index (χ0n) is 11.7. The number of pyridine rings is 1.